The Balaban J connectivity index is 1.66. The standard InChI is InChI=1S/C21H29N3O2/c1-4-11-24-12-9-17(10-13-24)22-21(26)18-14-19(25)23(3)20(18)16-7-5-15(2)6-8-16/h4-8,17-18,20H,1,9-14H2,2-3H3,(H,22,26)/t18-,20+/m0/s1. The molecule has 0 bridgehead atoms. The van der Waals surface area contributed by atoms with Gasteiger partial charge in [-0.05, 0) is 25.3 Å². The summed E-state index contributed by atoms with van der Waals surface area (Å²) >= 11 is 0. The minimum Gasteiger partial charge on any atom is -0.353 e. The van der Waals surface area contributed by atoms with Crippen LogP contribution in [-0.2, 0) is 9.59 Å². The molecule has 140 valence electrons. The Labute approximate surface area is 156 Å². The molecule has 2 aliphatic rings. The van der Waals surface area contributed by atoms with Gasteiger partial charge in [0.2, 0.25) is 11.8 Å². The van der Waals surface area contributed by atoms with Crippen LogP contribution in [0.3, 0.4) is 0 Å². The van der Waals surface area contributed by atoms with E-state index in [0.717, 1.165) is 38.0 Å². The molecule has 0 aliphatic carbocycles. The predicted molar refractivity (Wildman–Crippen MR) is 103 cm³/mol. The van der Waals surface area contributed by atoms with Gasteiger partial charge in [0.1, 0.15) is 0 Å². The van der Waals surface area contributed by atoms with Crippen molar-refractivity contribution < 1.29 is 9.59 Å². The van der Waals surface area contributed by atoms with Crippen LogP contribution in [0.5, 0.6) is 0 Å². The zero-order chi connectivity index (χ0) is 18.7. The van der Waals surface area contributed by atoms with Crippen LogP contribution >= 0.6 is 0 Å². The summed E-state index contributed by atoms with van der Waals surface area (Å²) in [6, 6.07) is 8.16. The van der Waals surface area contributed by atoms with Crippen molar-refractivity contribution in [3.8, 4) is 0 Å². The molecule has 2 aliphatic heterocycles. The summed E-state index contributed by atoms with van der Waals surface area (Å²) in [5, 5.41) is 3.21. The van der Waals surface area contributed by atoms with E-state index in [1.807, 2.05) is 37.3 Å². The van der Waals surface area contributed by atoms with E-state index in [1.54, 1.807) is 11.9 Å². The van der Waals surface area contributed by atoms with Crippen LogP contribution in [0.4, 0.5) is 0 Å². The highest BCUT2D eigenvalue weighted by Crippen LogP contribution is 2.37. The van der Waals surface area contributed by atoms with E-state index < -0.39 is 0 Å². The molecular weight excluding hydrogens is 326 g/mol. The molecule has 1 aromatic carbocycles. The molecular formula is C21H29N3O2. The van der Waals surface area contributed by atoms with Gasteiger partial charge in [-0.2, -0.15) is 0 Å². The first-order chi connectivity index (χ1) is 12.5. The Morgan fingerprint density at radius 1 is 1.27 bits per heavy atom. The third kappa shape index (κ3) is 3.98. The monoisotopic (exact) mass is 355 g/mol. The lowest BCUT2D eigenvalue weighted by molar-refractivity contribution is -0.128. The number of nitrogens with one attached hydrogen (secondary N) is 1. The number of rotatable bonds is 5. The van der Waals surface area contributed by atoms with Crippen molar-refractivity contribution in [3.63, 3.8) is 0 Å². The topological polar surface area (TPSA) is 52.7 Å². The number of hydrogen-bond acceptors (Lipinski definition) is 3. The minimum atomic E-state index is -0.318. The Morgan fingerprint density at radius 3 is 2.54 bits per heavy atom. The average Bonchev–Trinajstić information content (AvgIpc) is 2.93. The van der Waals surface area contributed by atoms with Crippen LogP contribution in [0.15, 0.2) is 36.9 Å². The Bertz CT molecular complexity index is 662. The molecule has 2 fully saturated rings. The second-order valence-corrected chi connectivity index (χ2v) is 7.54. The van der Waals surface area contributed by atoms with Gasteiger partial charge in [-0.1, -0.05) is 35.9 Å². The van der Waals surface area contributed by atoms with Gasteiger partial charge in [-0.25, -0.2) is 0 Å². The first kappa shape index (κ1) is 18.6. The summed E-state index contributed by atoms with van der Waals surface area (Å²) in [5.41, 5.74) is 2.21. The van der Waals surface area contributed by atoms with Crippen molar-refractivity contribution in [1.82, 2.24) is 15.1 Å². The molecule has 0 radical (unpaired) electrons. The van der Waals surface area contributed by atoms with Crippen LogP contribution in [0.2, 0.25) is 0 Å². The summed E-state index contributed by atoms with van der Waals surface area (Å²) in [6.45, 7) is 8.67. The number of amides is 2. The maximum absolute atomic E-state index is 12.9. The Morgan fingerprint density at radius 2 is 1.92 bits per heavy atom. The van der Waals surface area contributed by atoms with E-state index in [2.05, 4.69) is 16.8 Å². The van der Waals surface area contributed by atoms with Crippen molar-refractivity contribution in [2.75, 3.05) is 26.7 Å². The molecule has 26 heavy (non-hydrogen) atoms. The van der Waals surface area contributed by atoms with Crippen molar-refractivity contribution in [1.29, 1.82) is 0 Å². The Kier molecular flexibility index (Phi) is 5.77. The van der Waals surface area contributed by atoms with Crippen molar-refractivity contribution in [2.24, 2.45) is 5.92 Å². The summed E-state index contributed by atoms with van der Waals surface area (Å²) in [5.74, 6) is -0.270. The van der Waals surface area contributed by atoms with E-state index in [0.29, 0.717) is 0 Å². The van der Waals surface area contributed by atoms with E-state index in [4.69, 9.17) is 0 Å². The fraction of sp³-hybridized carbons (Fsp3) is 0.524. The van der Waals surface area contributed by atoms with Crippen LogP contribution in [0.1, 0.15) is 36.4 Å². The molecule has 5 heteroatoms. The molecule has 1 N–H and O–H groups in total. The molecule has 5 nitrogen and oxygen atoms in total. The van der Waals surface area contributed by atoms with Gasteiger partial charge in [-0.15, -0.1) is 6.58 Å². The number of likely N-dealkylation sites (tertiary alicyclic amines) is 2. The number of nitrogens with zero attached hydrogens (tertiary/aromatic N) is 2. The van der Waals surface area contributed by atoms with Crippen LogP contribution in [0.25, 0.3) is 0 Å². The molecule has 0 spiro atoms. The summed E-state index contributed by atoms with van der Waals surface area (Å²) < 4.78 is 0. The van der Waals surface area contributed by atoms with Gasteiger partial charge in [0.05, 0.1) is 12.0 Å². The molecule has 2 heterocycles. The number of aryl methyl sites for hydroxylation is 1. The molecule has 2 atom stereocenters. The maximum atomic E-state index is 12.9. The van der Waals surface area contributed by atoms with Crippen molar-refractivity contribution in [3.05, 3.63) is 48.0 Å². The third-order valence-corrected chi connectivity index (χ3v) is 5.66. The maximum Gasteiger partial charge on any atom is 0.226 e. The fourth-order valence-electron chi connectivity index (χ4n) is 4.08. The van der Waals surface area contributed by atoms with E-state index >= 15 is 0 Å². The number of carbonyl (C=O) groups is 2. The van der Waals surface area contributed by atoms with Gasteiger partial charge >= 0.3 is 0 Å². The zero-order valence-electron chi connectivity index (χ0n) is 15.8. The van der Waals surface area contributed by atoms with Crippen LogP contribution < -0.4 is 5.32 Å². The highest BCUT2D eigenvalue weighted by molar-refractivity contribution is 5.90. The number of benzene rings is 1. The molecule has 0 aromatic heterocycles. The van der Waals surface area contributed by atoms with Gasteiger partial charge in [0.15, 0.2) is 0 Å². The zero-order valence-corrected chi connectivity index (χ0v) is 15.8. The molecule has 1 aromatic rings. The second-order valence-electron chi connectivity index (χ2n) is 7.54. The Hall–Kier alpha value is -2.14. The number of piperidine rings is 1. The lowest BCUT2D eigenvalue weighted by atomic mass is 9.91. The van der Waals surface area contributed by atoms with Crippen LogP contribution in [0, 0.1) is 12.8 Å². The highest BCUT2D eigenvalue weighted by Gasteiger charge is 2.43. The smallest absolute Gasteiger partial charge is 0.226 e. The normalized spacial score (nSPS) is 24.7. The lowest BCUT2D eigenvalue weighted by Crippen LogP contribution is -2.47. The SMILES string of the molecule is C=CCN1CCC(NC(=O)[C@H]2CC(=O)N(C)[C@@H]2c2ccc(C)cc2)CC1. The van der Waals surface area contributed by atoms with Crippen molar-refractivity contribution in [2.45, 2.75) is 38.3 Å². The van der Waals surface area contributed by atoms with E-state index in [1.165, 1.54) is 5.56 Å². The quantitative estimate of drug-likeness (QED) is 0.825. The summed E-state index contributed by atoms with van der Waals surface area (Å²) in [7, 11) is 1.80. The van der Waals surface area contributed by atoms with E-state index in [9.17, 15) is 9.59 Å². The van der Waals surface area contributed by atoms with Gasteiger partial charge in [0, 0.05) is 39.1 Å². The van der Waals surface area contributed by atoms with Gasteiger partial charge < -0.3 is 10.2 Å². The summed E-state index contributed by atoms with van der Waals surface area (Å²) in [6.07, 6.45) is 4.11. The molecule has 2 saturated heterocycles. The lowest BCUT2D eigenvalue weighted by Gasteiger charge is -2.33. The van der Waals surface area contributed by atoms with Crippen molar-refractivity contribution >= 4 is 11.8 Å². The fourth-order valence-corrected chi connectivity index (χ4v) is 4.08. The van der Waals surface area contributed by atoms with E-state index in [-0.39, 0.29) is 36.2 Å². The van der Waals surface area contributed by atoms with Gasteiger partial charge in [-0.3, -0.25) is 14.5 Å². The second kappa shape index (κ2) is 8.04. The van der Waals surface area contributed by atoms with Crippen LogP contribution in [-0.4, -0.2) is 54.3 Å². The number of carbonyl (C=O) groups excluding carboxylic acids is 2. The highest BCUT2D eigenvalue weighted by atomic mass is 16.2. The third-order valence-electron chi connectivity index (χ3n) is 5.66. The molecule has 3 rings (SSSR count). The molecule has 0 unspecified atom stereocenters. The summed E-state index contributed by atoms with van der Waals surface area (Å²) in [4.78, 5) is 29.3. The molecule has 2 amide bonds. The first-order valence-electron chi connectivity index (χ1n) is 9.45. The first-order valence-corrected chi connectivity index (χ1v) is 9.45. The largest absolute Gasteiger partial charge is 0.353 e. The predicted octanol–water partition coefficient (Wildman–Crippen LogP) is 2.28. The minimum absolute atomic E-state index is 0.00967. The molecule has 0 saturated carbocycles. The average molecular weight is 355 g/mol. The van der Waals surface area contributed by atoms with Gasteiger partial charge in [0.25, 0.3) is 0 Å². The number of hydrogen-bond donors (Lipinski definition) is 1.